The van der Waals surface area contributed by atoms with Gasteiger partial charge < -0.3 is 9.32 Å². The molecule has 11 aromatic carbocycles. The summed E-state index contributed by atoms with van der Waals surface area (Å²) >= 11 is 0. The minimum Gasteiger partial charge on any atom is -0.456 e. The van der Waals surface area contributed by atoms with Crippen LogP contribution in [0.15, 0.2) is 247 Å². The summed E-state index contributed by atoms with van der Waals surface area (Å²) in [5.41, 5.74) is 23.4. The molecule has 1 heterocycles. The SMILES string of the molecule is CC(C)(C)c1cc(-c2cccc3cccc(-c4ccccc4N(c4ccc(-c5ccc6c(c5)C(C)(c5ccccc5)c5ccccc5-6)cc4)c4ccccc4-c4ccc5oc6ccccc6c5c4)c23)cc(C(C)(C)C)c1. The molecule has 1 aliphatic rings. The molecule has 0 aliphatic heterocycles. The van der Waals surface area contributed by atoms with Gasteiger partial charge in [-0.3, -0.25) is 0 Å². The Kier molecular flexibility index (Phi) is 11.1. The van der Waals surface area contributed by atoms with Crippen molar-refractivity contribution in [2.24, 2.45) is 0 Å². The Hall–Kier alpha value is -8.72. The first-order valence-corrected chi connectivity index (χ1v) is 26.8. The van der Waals surface area contributed by atoms with Crippen molar-refractivity contribution in [1.82, 2.24) is 0 Å². The second kappa shape index (κ2) is 18.0. The van der Waals surface area contributed by atoms with E-state index in [-0.39, 0.29) is 16.2 Å². The molecule has 12 aromatic rings. The van der Waals surface area contributed by atoms with Gasteiger partial charge in [0.25, 0.3) is 0 Å². The van der Waals surface area contributed by atoms with Crippen LogP contribution in [0.3, 0.4) is 0 Å². The maximum atomic E-state index is 6.36. The van der Waals surface area contributed by atoms with E-state index in [4.69, 9.17) is 4.42 Å². The summed E-state index contributed by atoms with van der Waals surface area (Å²) in [6.07, 6.45) is 0. The summed E-state index contributed by atoms with van der Waals surface area (Å²) in [7, 11) is 0. The Labute approximate surface area is 447 Å². The van der Waals surface area contributed by atoms with E-state index in [9.17, 15) is 0 Å². The normalized spacial score (nSPS) is 14.3. The third-order valence-corrected chi connectivity index (χ3v) is 16.3. The van der Waals surface area contributed by atoms with Crippen molar-refractivity contribution < 1.29 is 4.42 Å². The van der Waals surface area contributed by atoms with Crippen LogP contribution < -0.4 is 4.90 Å². The van der Waals surface area contributed by atoms with E-state index in [0.29, 0.717) is 0 Å². The molecule has 0 saturated carbocycles. The lowest BCUT2D eigenvalue weighted by atomic mass is 9.74. The fourth-order valence-electron chi connectivity index (χ4n) is 12.1. The Bertz CT molecular complexity index is 4160. The van der Waals surface area contributed by atoms with E-state index in [1.165, 1.54) is 77.5 Å². The first kappa shape index (κ1) is 47.0. The lowest BCUT2D eigenvalue weighted by Crippen LogP contribution is -2.22. The van der Waals surface area contributed by atoms with Gasteiger partial charge in [0, 0.05) is 33.0 Å². The van der Waals surface area contributed by atoms with Crippen molar-refractivity contribution in [3.8, 4) is 55.6 Å². The zero-order valence-electron chi connectivity index (χ0n) is 44.4. The summed E-state index contributed by atoms with van der Waals surface area (Å²) in [6, 6.07) is 90.0. The van der Waals surface area contributed by atoms with Gasteiger partial charge in [-0.1, -0.05) is 236 Å². The number of anilines is 3. The number of hydrogen-bond acceptors (Lipinski definition) is 2. The van der Waals surface area contributed by atoms with Crippen LogP contribution in [-0.2, 0) is 16.2 Å². The molecule has 368 valence electrons. The predicted molar refractivity (Wildman–Crippen MR) is 322 cm³/mol. The Balaban J connectivity index is 1.00. The number of para-hydroxylation sites is 3. The van der Waals surface area contributed by atoms with Gasteiger partial charge in [-0.15, -0.1) is 0 Å². The molecule has 1 aromatic heterocycles. The van der Waals surface area contributed by atoms with Crippen LogP contribution in [0.25, 0.3) is 88.3 Å². The van der Waals surface area contributed by atoms with E-state index in [1.807, 2.05) is 6.07 Å². The van der Waals surface area contributed by atoms with E-state index >= 15 is 0 Å². The first-order valence-electron chi connectivity index (χ1n) is 26.8. The van der Waals surface area contributed by atoms with Gasteiger partial charge >= 0.3 is 0 Å². The lowest BCUT2D eigenvalue weighted by Gasteiger charge is -2.30. The van der Waals surface area contributed by atoms with E-state index in [2.05, 4.69) is 290 Å². The highest BCUT2D eigenvalue weighted by Gasteiger charge is 2.40. The summed E-state index contributed by atoms with van der Waals surface area (Å²) in [6.45, 7) is 16.3. The minimum atomic E-state index is -0.287. The van der Waals surface area contributed by atoms with Crippen LogP contribution in [0.5, 0.6) is 0 Å². The Morgan fingerprint density at radius 1 is 0.355 bits per heavy atom. The molecular formula is C74H61NO. The molecule has 2 nitrogen and oxygen atoms in total. The highest BCUT2D eigenvalue weighted by molar-refractivity contribution is 6.10. The van der Waals surface area contributed by atoms with Crippen molar-refractivity contribution in [2.45, 2.75) is 64.7 Å². The molecule has 2 heteroatoms. The molecule has 0 spiro atoms. The van der Waals surface area contributed by atoms with Crippen LogP contribution >= 0.6 is 0 Å². The highest BCUT2D eigenvalue weighted by Crippen LogP contribution is 2.54. The van der Waals surface area contributed by atoms with Crippen molar-refractivity contribution in [1.29, 1.82) is 0 Å². The lowest BCUT2D eigenvalue weighted by molar-refractivity contribution is 0.569. The predicted octanol–water partition coefficient (Wildman–Crippen LogP) is 20.8. The molecule has 1 aliphatic carbocycles. The fraction of sp³-hybridized carbons (Fsp3) is 0.135. The molecule has 0 radical (unpaired) electrons. The molecule has 0 amide bonds. The average Bonchev–Trinajstić information content (AvgIpc) is 3.97. The van der Waals surface area contributed by atoms with Crippen LogP contribution in [-0.4, -0.2) is 0 Å². The number of benzene rings is 11. The van der Waals surface area contributed by atoms with Gasteiger partial charge in [0.1, 0.15) is 11.2 Å². The number of fused-ring (bicyclic) bond motifs is 7. The smallest absolute Gasteiger partial charge is 0.135 e. The van der Waals surface area contributed by atoms with E-state index < -0.39 is 0 Å². The molecule has 76 heavy (non-hydrogen) atoms. The van der Waals surface area contributed by atoms with Gasteiger partial charge in [0.05, 0.1) is 11.4 Å². The number of hydrogen-bond donors (Lipinski definition) is 0. The third-order valence-electron chi connectivity index (χ3n) is 16.3. The molecule has 0 fully saturated rings. The number of furan rings is 1. The number of rotatable bonds is 8. The number of nitrogens with zero attached hydrogens (tertiary/aromatic N) is 1. The topological polar surface area (TPSA) is 16.4 Å². The quantitative estimate of drug-likeness (QED) is 0.151. The summed E-state index contributed by atoms with van der Waals surface area (Å²) in [5, 5.41) is 4.67. The highest BCUT2D eigenvalue weighted by atomic mass is 16.3. The van der Waals surface area contributed by atoms with Gasteiger partial charge in [-0.2, -0.15) is 0 Å². The van der Waals surface area contributed by atoms with Crippen molar-refractivity contribution in [3.05, 3.63) is 270 Å². The standard InChI is InChI=1S/C74H61NO/c1-72(2,3)54-43-52(44-55(47-54)73(4,5)6)58-29-19-21-49-22-20-30-63(71(49)58)61-27-13-17-33-68(61)75(67-32-16-12-25-57(67)51-38-42-70-64(45-51)62-28-14-18-34-69(62)76-70)56-39-35-48(36-40-56)50-37-41-60-59-26-11-15-31-65(59)74(7,66(60)46-50)53-23-9-8-10-24-53/h8-47H,1-7H3. The zero-order valence-corrected chi connectivity index (χ0v) is 44.4. The van der Waals surface area contributed by atoms with Gasteiger partial charge in [-0.25, -0.2) is 0 Å². The van der Waals surface area contributed by atoms with Crippen molar-refractivity contribution in [3.63, 3.8) is 0 Å². The van der Waals surface area contributed by atoms with E-state index in [0.717, 1.165) is 55.7 Å². The Morgan fingerprint density at radius 3 is 1.63 bits per heavy atom. The molecule has 13 rings (SSSR count). The summed E-state index contributed by atoms with van der Waals surface area (Å²) < 4.78 is 6.36. The zero-order chi connectivity index (χ0) is 51.9. The third kappa shape index (κ3) is 7.86. The largest absolute Gasteiger partial charge is 0.456 e. The minimum absolute atomic E-state index is 0.0240. The second-order valence-electron chi connectivity index (χ2n) is 23.0. The molecule has 0 saturated heterocycles. The van der Waals surface area contributed by atoms with Crippen LogP contribution in [0, 0.1) is 0 Å². The van der Waals surface area contributed by atoms with E-state index in [1.54, 1.807) is 0 Å². The molecule has 1 atom stereocenters. The van der Waals surface area contributed by atoms with Gasteiger partial charge in [0.15, 0.2) is 0 Å². The maximum absolute atomic E-state index is 6.36. The van der Waals surface area contributed by atoms with Crippen LogP contribution in [0.4, 0.5) is 17.1 Å². The summed E-state index contributed by atoms with van der Waals surface area (Å²) in [4.78, 5) is 2.48. The first-order chi connectivity index (χ1) is 36.8. The fourth-order valence-corrected chi connectivity index (χ4v) is 12.1. The maximum Gasteiger partial charge on any atom is 0.135 e. The molecule has 0 N–H and O–H groups in total. The van der Waals surface area contributed by atoms with Crippen LogP contribution in [0.1, 0.15) is 76.3 Å². The van der Waals surface area contributed by atoms with Crippen molar-refractivity contribution in [2.75, 3.05) is 4.90 Å². The van der Waals surface area contributed by atoms with Crippen molar-refractivity contribution >= 4 is 49.8 Å². The Morgan fingerprint density at radius 2 is 0.908 bits per heavy atom. The van der Waals surface area contributed by atoms with Gasteiger partial charge in [0.2, 0.25) is 0 Å². The monoisotopic (exact) mass is 979 g/mol. The second-order valence-corrected chi connectivity index (χ2v) is 23.0. The molecule has 0 bridgehead atoms. The summed E-state index contributed by atoms with van der Waals surface area (Å²) in [5.74, 6) is 0. The van der Waals surface area contributed by atoms with Crippen LogP contribution in [0.2, 0.25) is 0 Å². The molecule has 1 unspecified atom stereocenters. The molecular weight excluding hydrogens is 919 g/mol. The average molecular weight is 980 g/mol. The van der Waals surface area contributed by atoms with Gasteiger partial charge in [-0.05, 0) is 149 Å².